The standard InChI is InChI=1S/C23H24N2O4/c1-14-7-17(8-15(2)23(14)29-13-20-12-28-20)22-9-21(24-25-22)16-3-5-18(6-4-16)26-10-19-11-27-19/h3-9,19-20H,10-13H2,1-2H3,(H,24,25). The van der Waals surface area contributed by atoms with Gasteiger partial charge in [-0.15, -0.1) is 0 Å². The zero-order chi connectivity index (χ0) is 19.8. The molecule has 29 heavy (non-hydrogen) atoms. The first-order valence-electron chi connectivity index (χ1n) is 9.92. The van der Waals surface area contributed by atoms with E-state index in [4.69, 9.17) is 18.9 Å². The molecule has 0 saturated carbocycles. The second-order valence-corrected chi connectivity index (χ2v) is 7.66. The molecule has 3 heterocycles. The molecule has 2 fully saturated rings. The maximum atomic E-state index is 5.93. The lowest BCUT2D eigenvalue weighted by molar-refractivity contribution is 0.260. The number of H-pyrrole nitrogens is 1. The van der Waals surface area contributed by atoms with Crippen molar-refractivity contribution in [3.05, 3.63) is 53.6 Å². The molecule has 0 aliphatic carbocycles. The first-order valence-corrected chi connectivity index (χ1v) is 9.92. The molecule has 1 aromatic heterocycles. The summed E-state index contributed by atoms with van der Waals surface area (Å²) in [6, 6.07) is 14.3. The number of ether oxygens (including phenoxy) is 4. The van der Waals surface area contributed by atoms with Crippen LogP contribution in [-0.2, 0) is 9.47 Å². The largest absolute Gasteiger partial charge is 0.491 e. The van der Waals surface area contributed by atoms with Crippen LogP contribution in [0.4, 0.5) is 0 Å². The molecule has 1 N–H and O–H groups in total. The van der Waals surface area contributed by atoms with E-state index in [1.807, 2.05) is 24.3 Å². The molecule has 2 aromatic carbocycles. The van der Waals surface area contributed by atoms with Gasteiger partial charge in [-0.2, -0.15) is 5.10 Å². The Bertz CT molecular complexity index is 981. The third-order valence-corrected chi connectivity index (χ3v) is 5.15. The molecule has 0 radical (unpaired) electrons. The minimum atomic E-state index is 0.251. The molecular formula is C23H24N2O4. The number of aryl methyl sites for hydroxylation is 2. The van der Waals surface area contributed by atoms with Crippen molar-refractivity contribution < 1.29 is 18.9 Å². The Morgan fingerprint density at radius 1 is 0.897 bits per heavy atom. The highest BCUT2D eigenvalue weighted by Crippen LogP contribution is 2.32. The second kappa shape index (κ2) is 7.54. The molecule has 5 rings (SSSR count). The van der Waals surface area contributed by atoms with Crippen LogP contribution < -0.4 is 9.47 Å². The van der Waals surface area contributed by atoms with E-state index < -0.39 is 0 Å². The van der Waals surface area contributed by atoms with Crippen molar-refractivity contribution in [2.45, 2.75) is 26.1 Å². The fourth-order valence-corrected chi connectivity index (χ4v) is 3.37. The zero-order valence-corrected chi connectivity index (χ0v) is 16.6. The lowest BCUT2D eigenvalue weighted by Crippen LogP contribution is -2.06. The lowest BCUT2D eigenvalue weighted by atomic mass is 10.0. The Hall–Kier alpha value is -2.83. The van der Waals surface area contributed by atoms with Gasteiger partial charge in [0.1, 0.15) is 36.9 Å². The third kappa shape index (κ3) is 4.28. The van der Waals surface area contributed by atoms with Crippen LogP contribution in [0.25, 0.3) is 22.5 Å². The number of benzene rings is 2. The van der Waals surface area contributed by atoms with Gasteiger partial charge in [-0.3, -0.25) is 5.10 Å². The van der Waals surface area contributed by atoms with Gasteiger partial charge in [0.15, 0.2) is 0 Å². The number of aromatic amines is 1. The Kier molecular flexibility index (Phi) is 4.73. The predicted octanol–water partition coefficient (Wildman–Crippen LogP) is 3.92. The molecule has 0 spiro atoms. The van der Waals surface area contributed by atoms with E-state index in [-0.39, 0.29) is 12.2 Å². The zero-order valence-electron chi connectivity index (χ0n) is 16.6. The van der Waals surface area contributed by atoms with E-state index in [2.05, 4.69) is 42.2 Å². The van der Waals surface area contributed by atoms with Crippen molar-refractivity contribution in [1.29, 1.82) is 0 Å². The average molecular weight is 392 g/mol. The summed E-state index contributed by atoms with van der Waals surface area (Å²) >= 11 is 0. The molecule has 2 aliphatic rings. The molecule has 6 nitrogen and oxygen atoms in total. The maximum absolute atomic E-state index is 5.93. The number of nitrogens with one attached hydrogen (secondary N) is 1. The first kappa shape index (κ1) is 18.2. The van der Waals surface area contributed by atoms with E-state index in [9.17, 15) is 0 Å². The van der Waals surface area contributed by atoms with E-state index >= 15 is 0 Å². The van der Waals surface area contributed by atoms with Gasteiger partial charge in [0.25, 0.3) is 0 Å². The molecular weight excluding hydrogens is 368 g/mol. The molecule has 150 valence electrons. The van der Waals surface area contributed by atoms with Crippen LogP contribution in [0.3, 0.4) is 0 Å². The van der Waals surface area contributed by atoms with Gasteiger partial charge in [0.2, 0.25) is 0 Å². The van der Waals surface area contributed by atoms with E-state index in [1.165, 1.54) is 0 Å². The molecule has 2 atom stereocenters. The fraction of sp³-hybridized carbons (Fsp3) is 0.348. The monoisotopic (exact) mass is 392 g/mol. The molecule has 3 aromatic rings. The maximum Gasteiger partial charge on any atom is 0.125 e. The van der Waals surface area contributed by atoms with E-state index in [1.54, 1.807) is 0 Å². The Morgan fingerprint density at radius 3 is 2.14 bits per heavy atom. The Balaban J connectivity index is 1.31. The van der Waals surface area contributed by atoms with Gasteiger partial charge in [-0.25, -0.2) is 0 Å². The summed E-state index contributed by atoms with van der Waals surface area (Å²) in [7, 11) is 0. The van der Waals surface area contributed by atoms with Crippen LogP contribution in [-0.4, -0.2) is 48.8 Å². The summed E-state index contributed by atoms with van der Waals surface area (Å²) in [5.41, 5.74) is 6.23. The molecule has 6 heteroatoms. The van der Waals surface area contributed by atoms with Crippen molar-refractivity contribution in [3.63, 3.8) is 0 Å². The Morgan fingerprint density at radius 2 is 1.52 bits per heavy atom. The first-order chi connectivity index (χ1) is 14.2. The summed E-state index contributed by atoms with van der Waals surface area (Å²) in [4.78, 5) is 0. The fourth-order valence-electron chi connectivity index (χ4n) is 3.37. The highest BCUT2D eigenvalue weighted by Gasteiger charge is 2.24. The summed E-state index contributed by atoms with van der Waals surface area (Å²) in [5.74, 6) is 1.79. The van der Waals surface area contributed by atoms with Gasteiger partial charge < -0.3 is 18.9 Å². The number of hydrogen-bond donors (Lipinski definition) is 1. The van der Waals surface area contributed by atoms with Crippen molar-refractivity contribution >= 4 is 0 Å². The molecule has 2 aliphatic heterocycles. The number of nitrogens with zero attached hydrogens (tertiary/aromatic N) is 1. The number of epoxide rings is 2. The van der Waals surface area contributed by atoms with Crippen molar-refractivity contribution in [3.8, 4) is 34.0 Å². The van der Waals surface area contributed by atoms with Crippen LogP contribution in [0.1, 0.15) is 11.1 Å². The minimum Gasteiger partial charge on any atom is -0.491 e. The quantitative estimate of drug-likeness (QED) is 0.589. The normalized spacial score (nSPS) is 19.8. The number of hydrogen-bond acceptors (Lipinski definition) is 5. The highest BCUT2D eigenvalue weighted by molar-refractivity contribution is 5.70. The van der Waals surface area contributed by atoms with E-state index in [0.29, 0.717) is 13.2 Å². The Labute approximate surface area is 169 Å². The van der Waals surface area contributed by atoms with Gasteiger partial charge in [-0.1, -0.05) is 0 Å². The average Bonchev–Trinajstić information content (AvgIpc) is 3.65. The van der Waals surface area contributed by atoms with Crippen molar-refractivity contribution in [1.82, 2.24) is 10.2 Å². The van der Waals surface area contributed by atoms with Crippen LogP contribution >= 0.6 is 0 Å². The minimum absolute atomic E-state index is 0.251. The van der Waals surface area contributed by atoms with Gasteiger partial charge in [0, 0.05) is 5.56 Å². The van der Waals surface area contributed by atoms with Crippen LogP contribution in [0.15, 0.2) is 42.5 Å². The summed E-state index contributed by atoms with van der Waals surface area (Å²) in [6.45, 7) is 6.96. The van der Waals surface area contributed by atoms with Gasteiger partial charge in [-0.05, 0) is 73.0 Å². The molecule has 0 bridgehead atoms. The smallest absolute Gasteiger partial charge is 0.125 e. The topological polar surface area (TPSA) is 72.2 Å². The molecule has 2 saturated heterocycles. The summed E-state index contributed by atoms with van der Waals surface area (Å²) < 4.78 is 22.0. The summed E-state index contributed by atoms with van der Waals surface area (Å²) in [5, 5.41) is 7.66. The highest BCUT2D eigenvalue weighted by atomic mass is 16.6. The summed E-state index contributed by atoms with van der Waals surface area (Å²) in [6.07, 6.45) is 0.511. The van der Waals surface area contributed by atoms with E-state index in [0.717, 1.165) is 58.4 Å². The van der Waals surface area contributed by atoms with Gasteiger partial charge in [0.05, 0.1) is 24.6 Å². The number of aromatic nitrogens is 2. The van der Waals surface area contributed by atoms with Gasteiger partial charge >= 0.3 is 0 Å². The van der Waals surface area contributed by atoms with Crippen LogP contribution in [0.2, 0.25) is 0 Å². The third-order valence-electron chi connectivity index (χ3n) is 5.15. The SMILES string of the molecule is Cc1cc(-c2cc(-c3ccc(OCC4CO4)cc3)[nH]n2)cc(C)c1OCC1CO1. The van der Waals surface area contributed by atoms with Crippen molar-refractivity contribution in [2.75, 3.05) is 26.4 Å². The van der Waals surface area contributed by atoms with Crippen LogP contribution in [0.5, 0.6) is 11.5 Å². The lowest BCUT2D eigenvalue weighted by Gasteiger charge is -2.12. The predicted molar refractivity (Wildman–Crippen MR) is 109 cm³/mol. The van der Waals surface area contributed by atoms with Crippen molar-refractivity contribution in [2.24, 2.45) is 0 Å². The number of rotatable bonds is 8. The molecule has 0 amide bonds. The van der Waals surface area contributed by atoms with Crippen LogP contribution in [0, 0.1) is 13.8 Å². The second-order valence-electron chi connectivity index (χ2n) is 7.66. The molecule has 2 unspecified atom stereocenters.